The van der Waals surface area contributed by atoms with Crippen molar-refractivity contribution in [3.05, 3.63) is 140 Å². The Balaban J connectivity index is 0.986. The number of fused-ring (bicyclic) bond motifs is 15. The molecule has 6 aromatic rings. The van der Waals surface area contributed by atoms with Gasteiger partial charge in [-0.2, -0.15) is 0 Å². The van der Waals surface area contributed by atoms with Crippen molar-refractivity contribution in [2.24, 2.45) is 29.6 Å². The first kappa shape index (κ1) is 88.1. The van der Waals surface area contributed by atoms with Crippen molar-refractivity contribution in [3.63, 3.8) is 0 Å². The van der Waals surface area contributed by atoms with Gasteiger partial charge in [-0.1, -0.05) is 69.1 Å². The highest BCUT2D eigenvalue weighted by Gasteiger charge is 2.51. The normalized spacial score (nSPS) is 27.1. The van der Waals surface area contributed by atoms with Crippen LogP contribution in [0.25, 0.3) is 11.1 Å². The Labute approximate surface area is 704 Å². The highest BCUT2D eigenvalue weighted by molar-refractivity contribution is 6.32. The van der Waals surface area contributed by atoms with Gasteiger partial charge in [0, 0.05) is 41.9 Å². The predicted molar refractivity (Wildman–Crippen MR) is 432 cm³/mol. The highest BCUT2D eigenvalue weighted by atomic mass is 35.5. The Morgan fingerprint density at radius 2 is 1.20 bits per heavy atom. The molecule has 1 saturated heterocycles. The number of aliphatic hydroxyl groups is 6. The summed E-state index contributed by atoms with van der Waals surface area (Å²) in [6.45, 7) is 8.86. The first-order chi connectivity index (χ1) is 57.9. The Morgan fingerprint density at radius 3 is 1.81 bits per heavy atom. The summed E-state index contributed by atoms with van der Waals surface area (Å²) >= 11 is 14.3. The maximum Gasteiger partial charge on any atom is 0.257 e. The zero-order valence-electron chi connectivity index (χ0n) is 66.6. The molecular weight excluding hydrogens is 1620 g/mol. The number of hydrogen-bond acceptors (Lipinski definition) is 27. The Bertz CT molecular complexity index is 4900. The third-order valence-corrected chi connectivity index (χ3v) is 23.6. The van der Waals surface area contributed by atoms with Gasteiger partial charge >= 0.3 is 0 Å². The molecule has 37 heteroatoms. The van der Waals surface area contributed by atoms with Gasteiger partial charge in [0.2, 0.25) is 59.3 Å². The van der Waals surface area contributed by atoms with Gasteiger partial charge in [-0.25, -0.2) is 0 Å². The maximum atomic E-state index is 16.5. The topological polar surface area (TPSA) is 523 Å². The summed E-state index contributed by atoms with van der Waals surface area (Å²) in [5, 5.41) is 134. The number of imide groups is 1. The maximum absolute atomic E-state index is 16.5. The van der Waals surface area contributed by atoms with Gasteiger partial charge in [0.05, 0.1) is 29.1 Å². The van der Waals surface area contributed by atoms with Gasteiger partial charge < -0.3 is 128 Å². The number of benzene rings is 6. The van der Waals surface area contributed by atoms with E-state index in [1.54, 1.807) is 0 Å². The minimum Gasteiger partial charge on any atom is -0.508 e. The molecule has 15 bridgehead atoms. The molecule has 20 N–H and O–H groups in total. The molecular formula is C84H99Cl2N11O24. The van der Waals surface area contributed by atoms with Crippen LogP contribution >= 0.6 is 23.2 Å². The van der Waals surface area contributed by atoms with Gasteiger partial charge in [-0.05, 0) is 189 Å². The van der Waals surface area contributed by atoms with Crippen LogP contribution in [0.3, 0.4) is 0 Å². The second-order valence-corrected chi connectivity index (χ2v) is 32.6. The Kier molecular flexibility index (Phi) is 27.8. The molecule has 0 aromatic heterocycles. The lowest BCUT2D eigenvalue weighted by Crippen LogP contribution is -2.60. The van der Waals surface area contributed by atoms with E-state index in [1.807, 2.05) is 27.7 Å². The standard InChI is InChI=1S/C84H99Cl2N11O24/c1-6-88-16-18-116-57-15-11-42(29-58(57)117-19-17-89-7-2)76(108)91-62(102)34-52-78(110)93-66-45-30-59(118-55-13-9-40(27-49(55)85)70(103)68(82(114)90-52)96-77(109)51(87-5)20-36(3)4)75(121-84-74(107)73(106)72(105)61(35-98)120-84)60(31-45)119-56-14-10-41(28-50(56)86)71(104)69-83(115)95-67(81(113)92-64-43-22-37-21-38(24-43)25-44(64)23-37)48-32-46(99)33-54(101)63(48)47-26-39(8-12-53(47)100)65(79(111)97-69)94-80(66)112/h8-15,26-33,36-38,43-44,51-52,61,64-74,84,87-89,98-101,103-107H,6-7,16-25,34-35H2,1-5H3,(H,90,114)(H,92,113)(H,93,110)(H,94,112)(H,95,115)(H,96,109)(H,97,111)(H,91,102,108)/t37?,38?,43?,44?,51-,52+,61-,64?,65-,66-,67+,68-,69+,70-,71-,72-,73+,74-,84+/m1/s1. The number of likely N-dealkylation sites (N-methyl/N-ethyl adjacent to an activating group) is 3. The number of phenols is 3. The number of carbonyl (C=O) groups excluding carboxylic acids is 9. The number of halogens is 2. The molecule has 0 unspecified atom stereocenters. The van der Waals surface area contributed by atoms with E-state index in [-0.39, 0.29) is 110 Å². The third-order valence-electron chi connectivity index (χ3n) is 23.0. The van der Waals surface area contributed by atoms with Crippen molar-refractivity contribution >= 4 is 76.4 Å². The molecule has 0 radical (unpaired) electrons. The Hall–Kier alpha value is -10.7. The number of nitrogens with one attached hydrogen (secondary N) is 11. The van der Waals surface area contributed by atoms with Crippen LogP contribution in [0.15, 0.2) is 97.1 Å². The van der Waals surface area contributed by atoms with Crippen LogP contribution in [0.1, 0.15) is 141 Å². The number of aromatic hydroxyl groups is 3. The summed E-state index contributed by atoms with van der Waals surface area (Å²) in [6.07, 6.45) is -10.9. The number of hydrogen-bond donors (Lipinski definition) is 20. The number of rotatable bonds is 23. The number of aliphatic hydroxyl groups excluding tert-OH is 6. The number of ether oxygens (including phenoxy) is 6. The van der Waals surface area contributed by atoms with E-state index in [9.17, 15) is 60.3 Å². The van der Waals surface area contributed by atoms with Crippen LogP contribution in [0.4, 0.5) is 0 Å². The first-order valence-electron chi connectivity index (χ1n) is 40.2. The summed E-state index contributed by atoms with van der Waals surface area (Å²) in [4.78, 5) is 139. The van der Waals surface area contributed by atoms with E-state index in [4.69, 9.17) is 51.6 Å². The minimum atomic E-state index is -2.41. The molecule has 5 fully saturated rings. The van der Waals surface area contributed by atoms with Crippen molar-refractivity contribution in [3.8, 4) is 68.6 Å². The van der Waals surface area contributed by atoms with Gasteiger partial charge in [0.1, 0.15) is 115 Å². The second-order valence-electron chi connectivity index (χ2n) is 31.8. The molecule has 121 heavy (non-hydrogen) atoms. The quantitative estimate of drug-likeness (QED) is 0.0410. The van der Waals surface area contributed by atoms with E-state index in [1.165, 1.54) is 49.5 Å². The molecule has 4 aliphatic carbocycles. The first-order valence-corrected chi connectivity index (χ1v) is 41.0. The molecule has 6 aliphatic heterocycles. The lowest BCUT2D eigenvalue weighted by molar-refractivity contribution is -0.277. The van der Waals surface area contributed by atoms with Crippen LogP contribution in [0.2, 0.25) is 10.0 Å². The van der Waals surface area contributed by atoms with Gasteiger partial charge in [-0.3, -0.25) is 48.5 Å². The molecule has 4 saturated carbocycles. The summed E-state index contributed by atoms with van der Waals surface area (Å²) < 4.78 is 37.5. The van der Waals surface area contributed by atoms with Crippen LogP contribution < -0.4 is 82.2 Å². The predicted octanol–water partition coefficient (Wildman–Crippen LogP) is 3.17. The summed E-state index contributed by atoms with van der Waals surface area (Å²) in [6, 6.07) is 3.83. The van der Waals surface area contributed by atoms with Gasteiger partial charge in [0.25, 0.3) is 5.91 Å². The highest BCUT2D eigenvalue weighted by Crippen LogP contribution is 2.55. The lowest BCUT2D eigenvalue weighted by Gasteiger charge is -2.54. The molecule has 14 atom stereocenters. The minimum absolute atomic E-state index is 0.0609. The van der Waals surface area contributed by atoms with Crippen molar-refractivity contribution in [1.29, 1.82) is 0 Å². The molecule has 16 rings (SSSR count). The van der Waals surface area contributed by atoms with E-state index >= 15 is 28.8 Å². The Morgan fingerprint density at radius 1 is 0.595 bits per heavy atom. The van der Waals surface area contributed by atoms with E-state index < -0.39 is 196 Å². The smallest absolute Gasteiger partial charge is 0.257 e. The zero-order valence-corrected chi connectivity index (χ0v) is 68.1. The fourth-order valence-corrected chi connectivity index (χ4v) is 17.5. The van der Waals surface area contributed by atoms with Crippen LogP contribution in [-0.4, -0.2) is 213 Å². The van der Waals surface area contributed by atoms with Crippen molar-refractivity contribution in [2.45, 2.75) is 164 Å². The van der Waals surface area contributed by atoms with Crippen molar-refractivity contribution in [1.82, 2.24) is 58.5 Å². The largest absolute Gasteiger partial charge is 0.508 e. The monoisotopic (exact) mass is 1720 g/mol. The summed E-state index contributed by atoms with van der Waals surface area (Å²) in [7, 11) is 1.47. The number of amides is 9. The summed E-state index contributed by atoms with van der Waals surface area (Å²) in [5.41, 5.74) is -2.42. The van der Waals surface area contributed by atoms with Crippen molar-refractivity contribution < 1.29 is 118 Å². The molecule has 6 heterocycles. The van der Waals surface area contributed by atoms with E-state index in [0.717, 1.165) is 86.7 Å². The third kappa shape index (κ3) is 19.6. The van der Waals surface area contributed by atoms with E-state index in [2.05, 4.69) is 58.5 Å². The molecule has 6 aromatic carbocycles. The van der Waals surface area contributed by atoms with Crippen LogP contribution in [0, 0.1) is 29.6 Å². The zero-order chi connectivity index (χ0) is 86.5. The molecule has 10 aliphatic rings. The van der Waals surface area contributed by atoms with Crippen LogP contribution in [0.5, 0.6) is 57.5 Å². The SMILES string of the molecule is CCNCCOc1ccc(C(=O)NC(=O)C[C@@H]2NC(=O)[C@H](NC(=O)[C@@H](CC(C)C)NC)[C@H](O)c3ccc(c(Cl)c3)Oc3cc4cc(c3O[C@@H]3O[C@H](CO)[C@@H](O)[C@H](O)[C@H]3O)Oc3ccc(cc3Cl)[C@@H](O)[C@@H]3NC(=O)[C@H](NC(=O)[C@@H]4NC2=O)c2ccc(O)c(c2)-c2c(O)cc(O)cc2[C@@H](C(=O)NC2C4CC5CC(C4)CC2C5)NC3=O)cc1OCCNCC. The lowest BCUT2D eigenvalue weighted by atomic mass is 9.54. The number of phenolic OH excluding ortho intramolecular Hbond substituents is 3. The number of carbonyl (C=O) groups is 9. The average Bonchev–Trinajstić information content (AvgIpc) is 0.758. The molecule has 0 spiro atoms. The fraction of sp³-hybridized carbons (Fsp3) is 0.464. The fourth-order valence-electron chi connectivity index (χ4n) is 17.1. The van der Waals surface area contributed by atoms with Crippen molar-refractivity contribution in [2.75, 3.05) is 53.0 Å². The van der Waals surface area contributed by atoms with Gasteiger partial charge in [-0.15, -0.1) is 0 Å². The van der Waals surface area contributed by atoms with Gasteiger partial charge in [0.15, 0.2) is 23.0 Å². The summed E-state index contributed by atoms with van der Waals surface area (Å²) in [5.74, 6) is -14.5. The van der Waals surface area contributed by atoms with E-state index in [0.29, 0.717) is 38.0 Å². The molecule has 9 amide bonds. The second kappa shape index (κ2) is 38.2. The average molecular weight is 1720 g/mol. The molecule has 35 nitrogen and oxygen atoms in total. The molecule has 648 valence electrons. The van der Waals surface area contributed by atoms with Crippen LogP contribution in [-0.2, 0) is 43.1 Å².